The highest BCUT2D eigenvalue weighted by molar-refractivity contribution is 5.08. The molecule has 2 saturated carbocycles. The maximum Gasteiger partial charge on any atom is 0.0612 e. The molecule has 0 aromatic heterocycles. The lowest BCUT2D eigenvalue weighted by molar-refractivity contribution is -0.135. The Morgan fingerprint density at radius 3 is 2.20 bits per heavy atom. The predicted molar refractivity (Wildman–Crippen MR) is 60.9 cm³/mol. The Hall–Kier alpha value is -0.0800. The van der Waals surface area contributed by atoms with Crippen LogP contribution < -0.4 is 0 Å². The van der Waals surface area contributed by atoms with Gasteiger partial charge in [-0.2, -0.15) is 0 Å². The van der Waals surface area contributed by atoms with Crippen LogP contribution in [0, 0.1) is 5.41 Å². The Morgan fingerprint density at radius 1 is 1.13 bits per heavy atom. The maximum absolute atomic E-state index is 5.96. The molecule has 0 aromatic carbocycles. The maximum atomic E-state index is 5.96. The van der Waals surface area contributed by atoms with E-state index in [1.807, 2.05) is 0 Å². The SMILES string of the molecule is CC(C)(C)OC1CC(N2CC3(CC3)C2)C1. The number of nitrogens with zero attached hydrogens (tertiary/aromatic N) is 1. The first-order valence-electron chi connectivity index (χ1n) is 6.38. The molecular formula is C13H23NO. The van der Waals surface area contributed by atoms with E-state index in [0.717, 1.165) is 11.5 Å². The molecule has 0 unspecified atom stereocenters. The van der Waals surface area contributed by atoms with Gasteiger partial charge in [0.1, 0.15) is 0 Å². The van der Waals surface area contributed by atoms with Crippen LogP contribution in [0.15, 0.2) is 0 Å². The third-order valence-electron chi connectivity index (χ3n) is 4.14. The van der Waals surface area contributed by atoms with Gasteiger partial charge in [0.15, 0.2) is 0 Å². The molecule has 2 nitrogen and oxygen atoms in total. The molecule has 0 N–H and O–H groups in total. The van der Waals surface area contributed by atoms with Gasteiger partial charge in [0, 0.05) is 19.1 Å². The molecule has 3 fully saturated rings. The Morgan fingerprint density at radius 2 is 1.73 bits per heavy atom. The summed E-state index contributed by atoms with van der Waals surface area (Å²) < 4.78 is 5.96. The van der Waals surface area contributed by atoms with Crippen molar-refractivity contribution < 1.29 is 4.74 Å². The van der Waals surface area contributed by atoms with Gasteiger partial charge in [0.25, 0.3) is 0 Å². The molecule has 0 amide bonds. The lowest BCUT2D eigenvalue weighted by atomic mass is 9.82. The zero-order valence-corrected chi connectivity index (χ0v) is 10.3. The van der Waals surface area contributed by atoms with Crippen molar-refractivity contribution in [3.8, 4) is 0 Å². The molecule has 1 aliphatic heterocycles. The van der Waals surface area contributed by atoms with Gasteiger partial charge in [-0.15, -0.1) is 0 Å². The van der Waals surface area contributed by atoms with Gasteiger partial charge in [-0.05, 0) is 51.9 Å². The second kappa shape index (κ2) is 2.98. The van der Waals surface area contributed by atoms with Gasteiger partial charge < -0.3 is 4.74 Å². The Bertz CT molecular complexity index is 250. The number of hydrogen-bond acceptors (Lipinski definition) is 2. The monoisotopic (exact) mass is 209 g/mol. The summed E-state index contributed by atoms with van der Waals surface area (Å²) >= 11 is 0. The van der Waals surface area contributed by atoms with Crippen molar-refractivity contribution in [1.29, 1.82) is 0 Å². The van der Waals surface area contributed by atoms with E-state index < -0.39 is 0 Å². The molecule has 1 spiro atoms. The first-order chi connectivity index (χ1) is 6.96. The molecule has 2 heteroatoms. The Balaban J connectivity index is 1.39. The predicted octanol–water partition coefficient (Wildman–Crippen LogP) is 2.43. The molecule has 0 aromatic rings. The summed E-state index contributed by atoms with van der Waals surface area (Å²) in [6.45, 7) is 9.25. The summed E-state index contributed by atoms with van der Waals surface area (Å²) in [6.07, 6.45) is 6.07. The minimum Gasteiger partial charge on any atom is -0.373 e. The Labute approximate surface area is 93.0 Å². The van der Waals surface area contributed by atoms with Gasteiger partial charge in [0.05, 0.1) is 11.7 Å². The molecule has 3 rings (SSSR count). The van der Waals surface area contributed by atoms with Gasteiger partial charge in [-0.3, -0.25) is 4.90 Å². The lowest BCUT2D eigenvalue weighted by Crippen LogP contribution is -2.59. The van der Waals surface area contributed by atoms with E-state index in [9.17, 15) is 0 Å². The van der Waals surface area contributed by atoms with E-state index in [2.05, 4.69) is 25.7 Å². The molecule has 0 radical (unpaired) electrons. The molecule has 1 heterocycles. The number of likely N-dealkylation sites (tertiary alicyclic amines) is 1. The quantitative estimate of drug-likeness (QED) is 0.692. The van der Waals surface area contributed by atoms with Crippen molar-refractivity contribution >= 4 is 0 Å². The van der Waals surface area contributed by atoms with Crippen molar-refractivity contribution in [2.24, 2.45) is 5.41 Å². The summed E-state index contributed by atoms with van der Waals surface area (Å²) in [5.41, 5.74) is 0.859. The average Bonchev–Trinajstić information content (AvgIpc) is 2.69. The summed E-state index contributed by atoms with van der Waals surface area (Å²) in [5.74, 6) is 0. The van der Waals surface area contributed by atoms with Crippen molar-refractivity contribution in [2.75, 3.05) is 13.1 Å². The van der Waals surface area contributed by atoms with E-state index in [1.165, 1.54) is 38.8 Å². The average molecular weight is 209 g/mol. The highest BCUT2D eigenvalue weighted by Gasteiger charge is 2.55. The van der Waals surface area contributed by atoms with Crippen molar-refractivity contribution in [3.63, 3.8) is 0 Å². The second-order valence-corrected chi connectivity index (χ2v) is 6.88. The van der Waals surface area contributed by atoms with E-state index in [1.54, 1.807) is 0 Å². The van der Waals surface area contributed by atoms with Crippen LogP contribution in [0.4, 0.5) is 0 Å². The van der Waals surface area contributed by atoms with Crippen molar-refractivity contribution in [1.82, 2.24) is 4.90 Å². The molecule has 1 saturated heterocycles. The van der Waals surface area contributed by atoms with Crippen LogP contribution in [-0.2, 0) is 4.74 Å². The van der Waals surface area contributed by atoms with Gasteiger partial charge in [0.2, 0.25) is 0 Å². The third kappa shape index (κ3) is 1.94. The summed E-state index contributed by atoms with van der Waals surface area (Å²) in [7, 11) is 0. The standard InChI is InChI=1S/C13H23NO/c1-12(2,3)15-11-6-10(7-11)14-8-13(9-14)4-5-13/h10-11H,4-9H2,1-3H3. The fourth-order valence-electron chi connectivity index (χ4n) is 3.00. The first kappa shape index (κ1) is 10.1. The van der Waals surface area contributed by atoms with Crippen molar-refractivity contribution in [2.45, 2.75) is 64.2 Å². The minimum absolute atomic E-state index is 0.0439. The highest BCUT2D eigenvalue weighted by Crippen LogP contribution is 2.54. The van der Waals surface area contributed by atoms with Crippen LogP contribution in [0.3, 0.4) is 0 Å². The molecule has 15 heavy (non-hydrogen) atoms. The highest BCUT2D eigenvalue weighted by atomic mass is 16.5. The molecule has 0 atom stereocenters. The summed E-state index contributed by atoms with van der Waals surface area (Å²) in [6, 6.07) is 0.851. The van der Waals surface area contributed by atoms with E-state index in [0.29, 0.717) is 6.10 Å². The van der Waals surface area contributed by atoms with Gasteiger partial charge in [-0.1, -0.05) is 0 Å². The van der Waals surface area contributed by atoms with Gasteiger partial charge in [-0.25, -0.2) is 0 Å². The molecule has 86 valence electrons. The first-order valence-corrected chi connectivity index (χ1v) is 6.38. The summed E-state index contributed by atoms with van der Waals surface area (Å²) in [4.78, 5) is 2.68. The molecule has 0 bridgehead atoms. The van der Waals surface area contributed by atoms with E-state index in [4.69, 9.17) is 4.74 Å². The largest absolute Gasteiger partial charge is 0.373 e. The van der Waals surface area contributed by atoms with Gasteiger partial charge >= 0.3 is 0 Å². The molecule has 3 aliphatic rings. The normalized spacial score (nSPS) is 38.6. The van der Waals surface area contributed by atoms with Crippen LogP contribution in [0.25, 0.3) is 0 Å². The van der Waals surface area contributed by atoms with E-state index >= 15 is 0 Å². The second-order valence-electron chi connectivity index (χ2n) is 6.88. The minimum atomic E-state index is 0.0439. The van der Waals surface area contributed by atoms with Crippen LogP contribution in [0.5, 0.6) is 0 Å². The summed E-state index contributed by atoms with van der Waals surface area (Å²) in [5, 5.41) is 0. The van der Waals surface area contributed by atoms with Crippen LogP contribution >= 0.6 is 0 Å². The van der Waals surface area contributed by atoms with Crippen LogP contribution in [0.1, 0.15) is 46.5 Å². The number of rotatable bonds is 2. The topological polar surface area (TPSA) is 12.5 Å². The lowest BCUT2D eigenvalue weighted by Gasteiger charge is -2.52. The molecular weight excluding hydrogens is 186 g/mol. The molecule has 2 aliphatic carbocycles. The number of ether oxygens (including phenoxy) is 1. The fourth-order valence-corrected chi connectivity index (χ4v) is 3.00. The third-order valence-corrected chi connectivity index (χ3v) is 4.14. The van der Waals surface area contributed by atoms with E-state index in [-0.39, 0.29) is 5.60 Å². The van der Waals surface area contributed by atoms with Crippen LogP contribution in [-0.4, -0.2) is 35.7 Å². The fraction of sp³-hybridized carbons (Fsp3) is 1.00. The zero-order valence-electron chi connectivity index (χ0n) is 10.3. The smallest absolute Gasteiger partial charge is 0.0612 e. The zero-order chi connectivity index (χ0) is 10.7. The Kier molecular flexibility index (Phi) is 2.01. The van der Waals surface area contributed by atoms with Crippen molar-refractivity contribution in [3.05, 3.63) is 0 Å². The van der Waals surface area contributed by atoms with Crippen LogP contribution in [0.2, 0.25) is 0 Å². The number of hydrogen-bond donors (Lipinski definition) is 0.